The Kier molecular flexibility index (Phi) is 7.34. The quantitative estimate of drug-likeness (QED) is 0.504. The number of rotatable bonds is 9. The molecule has 0 atom stereocenters. The van der Waals surface area contributed by atoms with E-state index in [2.05, 4.69) is 10.0 Å². The van der Waals surface area contributed by atoms with Crippen LogP contribution in [0.3, 0.4) is 0 Å². The molecule has 2 N–H and O–H groups in total. The zero-order chi connectivity index (χ0) is 17.5. The third kappa shape index (κ3) is 6.89. The van der Waals surface area contributed by atoms with Crippen LogP contribution < -0.4 is 10.0 Å². The maximum absolute atomic E-state index is 11.9. The van der Waals surface area contributed by atoms with Crippen LogP contribution in [-0.4, -0.2) is 51.6 Å². The number of hydrogen-bond acceptors (Lipinski definition) is 4. The van der Waals surface area contributed by atoms with Crippen LogP contribution in [0.1, 0.15) is 28.8 Å². The molecule has 1 amide bonds. The molecule has 0 unspecified atom stereocenters. The SMILES string of the molecule is Cc1ccc(C(=O)CCC(=O)NCCNS(=O)(=O)N(C)C)cc1. The first kappa shape index (κ1) is 19.3. The van der Waals surface area contributed by atoms with E-state index in [0.717, 1.165) is 9.87 Å². The second kappa shape index (κ2) is 8.76. The smallest absolute Gasteiger partial charge is 0.278 e. The van der Waals surface area contributed by atoms with E-state index in [1.54, 1.807) is 12.1 Å². The summed E-state index contributed by atoms with van der Waals surface area (Å²) in [5.74, 6) is -0.372. The van der Waals surface area contributed by atoms with Gasteiger partial charge >= 0.3 is 0 Å². The molecule has 0 aromatic heterocycles. The van der Waals surface area contributed by atoms with Crippen molar-refractivity contribution >= 4 is 21.9 Å². The number of ketones is 1. The van der Waals surface area contributed by atoms with Crippen molar-refractivity contribution in [3.8, 4) is 0 Å². The molecule has 0 bridgehead atoms. The number of benzene rings is 1. The molecule has 128 valence electrons. The summed E-state index contributed by atoms with van der Waals surface area (Å²) in [4.78, 5) is 23.6. The molecule has 7 nitrogen and oxygen atoms in total. The fraction of sp³-hybridized carbons (Fsp3) is 0.467. The number of amides is 1. The van der Waals surface area contributed by atoms with E-state index in [-0.39, 0.29) is 37.6 Å². The van der Waals surface area contributed by atoms with Crippen molar-refractivity contribution in [3.63, 3.8) is 0 Å². The van der Waals surface area contributed by atoms with Crippen LogP contribution in [0.2, 0.25) is 0 Å². The number of nitrogens with one attached hydrogen (secondary N) is 2. The zero-order valence-corrected chi connectivity index (χ0v) is 14.4. The molecule has 0 aliphatic rings. The topological polar surface area (TPSA) is 95.6 Å². The van der Waals surface area contributed by atoms with Crippen LogP contribution in [0, 0.1) is 6.92 Å². The minimum atomic E-state index is -3.48. The molecule has 0 spiro atoms. The summed E-state index contributed by atoms with van der Waals surface area (Å²) >= 11 is 0. The fourth-order valence-corrected chi connectivity index (χ4v) is 2.33. The van der Waals surface area contributed by atoms with Crippen LogP contribution in [-0.2, 0) is 15.0 Å². The monoisotopic (exact) mass is 341 g/mol. The summed E-state index contributed by atoms with van der Waals surface area (Å²) in [6.45, 7) is 2.20. The van der Waals surface area contributed by atoms with Gasteiger partial charge in [0.2, 0.25) is 5.91 Å². The van der Waals surface area contributed by atoms with Gasteiger partial charge in [0.25, 0.3) is 10.2 Å². The van der Waals surface area contributed by atoms with Crippen LogP contribution in [0.5, 0.6) is 0 Å². The first-order valence-electron chi connectivity index (χ1n) is 7.26. The lowest BCUT2D eigenvalue weighted by Crippen LogP contribution is -2.40. The van der Waals surface area contributed by atoms with Gasteiger partial charge in [0.05, 0.1) is 0 Å². The third-order valence-corrected chi connectivity index (χ3v) is 4.70. The highest BCUT2D eigenvalue weighted by atomic mass is 32.2. The van der Waals surface area contributed by atoms with Crippen LogP contribution in [0.15, 0.2) is 24.3 Å². The molecule has 1 aromatic carbocycles. The van der Waals surface area contributed by atoms with Crippen LogP contribution in [0.25, 0.3) is 0 Å². The van der Waals surface area contributed by atoms with Gasteiger partial charge in [0.1, 0.15) is 0 Å². The average molecular weight is 341 g/mol. The average Bonchev–Trinajstić information content (AvgIpc) is 2.49. The number of nitrogens with zero attached hydrogens (tertiary/aromatic N) is 1. The largest absolute Gasteiger partial charge is 0.355 e. The molecule has 0 radical (unpaired) electrons. The van der Waals surface area contributed by atoms with E-state index in [0.29, 0.717) is 5.56 Å². The second-order valence-corrected chi connectivity index (χ2v) is 7.29. The lowest BCUT2D eigenvalue weighted by Gasteiger charge is -2.12. The lowest BCUT2D eigenvalue weighted by atomic mass is 10.1. The molecule has 0 aliphatic heterocycles. The Hall–Kier alpha value is -1.77. The predicted octanol–water partition coefficient (Wildman–Crippen LogP) is 0.470. The highest BCUT2D eigenvalue weighted by Gasteiger charge is 2.12. The molecule has 0 aliphatic carbocycles. The summed E-state index contributed by atoms with van der Waals surface area (Å²) in [7, 11) is -0.655. The van der Waals surface area contributed by atoms with Crippen LogP contribution >= 0.6 is 0 Å². The summed E-state index contributed by atoms with van der Waals surface area (Å²) < 4.78 is 26.2. The Balaban J connectivity index is 2.27. The summed E-state index contributed by atoms with van der Waals surface area (Å²) in [6, 6.07) is 7.19. The van der Waals surface area contributed by atoms with Crippen molar-refractivity contribution in [2.45, 2.75) is 19.8 Å². The molecule has 0 fully saturated rings. The molecular weight excluding hydrogens is 318 g/mol. The Bertz CT molecular complexity index is 639. The number of carbonyl (C=O) groups is 2. The fourth-order valence-electron chi connectivity index (χ4n) is 1.71. The molecule has 1 aromatic rings. The van der Waals surface area contributed by atoms with E-state index in [1.807, 2.05) is 19.1 Å². The van der Waals surface area contributed by atoms with Crippen molar-refractivity contribution in [2.24, 2.45) is 0 Å². The van der Waals surface area contributed by atoms with Gasteiger partial charge in [-0.3, -0.25) is 9.59 Å². The van der Waals surface area contributed by atoms with Gasteiger partial charge in [-0.25, -0.2) is 4.72 Å². The molecular formula is C15H23N3O4S. The first-order valence-corrected chi connectivity index (χ1v) is 8.70. The molecule has 0 saturated heterocycles. The number of aryl methyl sites for hydroxylation is 1. The van der Waals surface area contributed by atoms with Crippen molar-refractivity contribution in [3.05, 3.63) is 35.4 Å². The number of hydrogen-bond donors (Lipinski definition) is 2. The van der Waals surface area contributed by atoms with E-state index in [4.69, 9.17) is 0 Å². The lowest BCUT2D eigenvalue weighted by molar-refractivity contribution is -0.121. The molecule has 23 heavy (non-hydrogen) atoms. The maximum atomic E-state index is 11.9. The van der Waals surface area contributed by atoms with Gasteiger partial charge in [-0.15, -0.1) is 0 Å². The highest BCUT2D eigenvalue weighted by Crippen LogP contribution is 2.07. The van der Waals surface area contributed by atoms with Crippen LogP contribution in [0.4, 0.5) is 0 Å². The van der Waals surface area contributed by atoms with E-state index in [1.165, 1.54) is 14.1 Å². The Labute approximate surface area is 137 Å². The van der Waals surface area contributed by atoms with Gasteiger partial charge in [0, 0.05) is 45.6 Å². The normalized spacial score (nSPS) is 11.5. The van der Waals surface area contributed by atoms with Crippen molar-refractivity contribution in [1.29, 1.82) is 0 Å². The third-order valence-electron chi connectivity index (χ3n) is 3.17. The Morgan fingerprint density at radius 2 is 1.65 bits per heavy atom. The van der Waals surface area contributed by atoms with E-state index in [9.17, 15) is 18.0 Å². The predicted molar refractivity (Wildman–Crippen MR) is 88.4 cm³/mol. The standard InChI is InChI=1S/C15H23N3O4S/c1-12-4-6-13(7-5-12)14(19)8-9-15(20)16-10-11-17-23(21,22)18(2)3/h4-7,17H,8-11H2,1-3H3,(H,16,20). The minimum absolute atomic E-state index is 0.0765. The molecule has 8 heteroatoms. The molecule has 0 heterocycles. The van der Waals surface area contributed by atoms with Gasteiger partial charge < -0.3 is 5.32 Å². The zero-order valence-electron chi connectivity index (χ0n) is 13.6. The summed E-state index contributed by atoms with van der Waals surface area (Å²) in [5.41, 5.74) is 1.65. The number of carbonyl (C=O) groups excluding carboxylic acids is 2. The highest BCUT2D eigenvalue weighted by molar-refractivity contribution is 7.87. The molecule has 1 rings (SSSR count). The number of Topliss-reactive ketones (excluding diaryl/α,β-unsaturated/α-hetero) is 1. The maximum Gasteiger partial charge on any atom is 0.278 e. The summed E-state index contributed by atoms with van der Waals surface area (Å²) in [6.07, 6.45) is 0.200. The molecule has 0 saturated carbocycles. The summed E-state index contributed by atoms with van der Waals surface area (Å²) in [5, 5.41) is 2.57. The van der Waals surface area contributed by atoms with Gasteiger partial charge in [-0.05, 0) is 6.92 Å². The first-order chi connectivity index (χ1) is 10.7. The Morgan fingerprint density at radius 1 is 1.04 bits per heavy atom. The van der Waals surface area contributed by atoms with Crippen molar-refractivity contribution in [1.82, 2.24) is 14.3 Å². The van der Waals surface area contributed by atoms with Gasteiger partial charge in [-0.2, -0.15) is 12.7 Å². The van der Waals surface area contributed by atoms with E-state index < -0.39 is 10.2 Å². The van der Waals surface area contributed by atoms with E-state index >= 15 is 0 Å². The second-order valence-electron chi connectivity index (χ2n) is 5.32. The minimum Gasteiger partial charge on any atom is -0.355 e. The van der Waals surface area contributed by atoms with Gasteiger partial charge in [-0.1, -0.05) is 29.8 Å². The van der Waals surface area contributed by atoms with Gasteiger partial charge in [0.15, 0.2) is 5.78 Å². The van der Waals surface area contributed by atoms with Crippen molar-refractivity contribution < 1.29 is 18.0 Å². The Morgan fingerprint density at radius 3 is 2.22 bits per heavy atom. The van der Waals surface area contributed by atoms with Crippen molar-refractivity contribution in [2.75, 3.05) is 27.2 Å².